The third-order valence-corrected chi connectivity index (χ3v) is 14.2. The molecule has 0 heterocycles. The van der Waals surface area contributed by atoms with Crippen molar-refractivity contribution in [2.75, 3.05) is 0 Å². The number of allylic oxidation sites excluding steroid dienone is 1. The fourth-order valence-electron chi connectivity index (χ4n) is 12.1. The van der Waals surface area contributed by atoms with Gasteiger partial charge in [0.25, 0.3) is 0 Å². The van der Waals surface area contributed by atoms with Crippen molar-refractivity contribution in [1.29, 1.82) is 0 Å². The minimum Gasteiger partial charge on any atom is -0.462 e. The lowest BCUT2D eigenvalue weighted by Gasteiger charge is -2.74. The largest absolute Gasteiger partial charge is 0.462 e. The van der Waals surface area contributed by atoms with Crippen LogP contribution in [0.4, 0.5) is 0 Å². The summed E-state index contributed by atoms with van der Waals surface area (Å²) in [5.74, 6) is 2.47. The standard InChI is InChI=1S/C34H54O4/c1-20-13-16-32(8)28(38-23(4)36)19-34(10)24(29(32)21(20)2)11-12-26-31(7)17-15-27(37-22(3)35)30(5,6)25(31)14-18-33(26,34)9/h21,24-29H,1,11-19H2,2-10H3. The Kier molecular flexibility index (Phi) is 6.56. The van der Waals surface area contributed by atoms with E-state index in [9.17, 15) is 9.59 Å². The van der Waals surface area contributed by atoms with Crippen LogP contribution in [0, 0.1) is 56.7 Å². The van der Waals surface area contributed by atoms with Gasteiger partial charge in [0.05, 0.1) is 0 Å². The Hall–Kier alpha value is -1.32. The molecule has 0 aromatic carbocycles. The number of hydrogen-bond acceptors (Lipinski definition) is 4. The van der Waals surface area contributed by atoms with Gasteiger partial charge < -0.3 is 9.47 Å². The van der Waals surface area contributed by atoms with Gasteiger partial charge in [-0.05, 0) is 104 Å². The first-order valence-electron chi connectivity index (χ1n) is 15.5. The molecular formula is C34H54O4. The molecule has 214 valence electrons. The first-order chi connectivity index (χ1) is 17.5. The number of hydrogen-bond donors (Lipinski definition) is 0. The predicted octanol–water partition coefficient (Wildman–Crippen LogP) is 8.14. The predicted molar refractivity (Wildman–Crippen MR) is 151 cm³/mol. The first kappa shape index (κ1) is 28.2. The summed E-state index contributed by atoms with van der Waals surface area (Å²) in [4.78, 5) is 24.4. The van der Waals surface area contributed by atoms with E-state index in [1.54, 1.807) is 13.8 Å². The maximum atomic E-state index is 12.4. The highest BCUT2D eigenvalue weighted by molar-refractivity contribution is 5.66. The summed E-state index contributed by atoms with van der Waals surface area (Å²) < 4.78 is 12.2. The van der Waals surface area contributed by atoms with Gasteiger partial charge in [0, 0.05) is 24.7 Å². The van der Waals surface area contributed by atoms with Gasteiger partial charge in [-0.25, -0.2) is 0 Å². The molecule has 0 N–H and O–H groups in total. The Bertz CT molecular complexity index is 1010. The van der Waals surface area contributed by atoms with E-state index in [1.165, 1.54) is 31.3 Å². The van der Waals surface area contributed by atoms with Gasteiger partial charge in [-0.2, -0.15) is 0 Å². The molecule has 0 amide bonds. The maximum Gasteiger partial charge on any atom is 0.302 e. The van der Waals surface area contributed by atoms with E-state index in [-0.39, 0.29) is 51.2 Å². The molecule has 0 saturated heterocycles. The summed E-state index contributed by atoms with van der Waals surface area (Å²) >= 11 is 0. The van der Waals surface area contributed by atoms with Crippen LogP contribution in [-0.2, 0) is 19.1 Å². The quantitative estimate of drug-likeness (QED) is 0.269. The van der Waals surface area contributed by atoms with E-state index in [0.29, 0.717) is 29.6 Å². The second-order valence-electron chi connectivity index (χ2n) is 15.9. The van der Waals surface area contributed by atoms with Gasteiger partial charge in [-0.1, -0.05) is 60.6 Å². The minimum atomic E-state index is -0.148. The molecule has 0 aliphatic heterocycles. The van der Waals surface area contributed by atoms with Crippen molar-refractivity contribution in [3.05, 3.63) is 12.2 Å². The number of ether oxygens (including phenoxy) is 2. The van der Waals surface area contributed by atoms with Crippen LogP contribution < -0.4 is 0 Å². The van der Waals surface area contributed by atoms with Crippen molar-refractivity contribution < 1.29 is 19.1 Å². The van der Waals surface area contributed by atoms with Crippen LogP contribution in [0.5, 0.6) is 0 Å². The maximum absolute atomic E-state index is 12.4. The number of fused-ring (bicyclic) bond motifs is 7. The van der Waals surface area contributed by atoms with Crippen molar-refractivity contribution in [1.82, 2.24) is 0 Å². The fourth-order valence-corrected chi connectivity index (χ4v) is 12.1. The molecule has 0 aromatic rings. The Morgan fingerprint density at radius 3 is 2.03 bits per heavy atom. The molecule has 5 rings (SSSR count). The zero-order chi connectivity index (χ0) is 28.1. The second-order valence-corrected chi connectivity index (χ2v) is 15.9. The smallest absolute Gasteiger partial charge is 0.302 e. The van der Waals surface area contributed by atoms with Crippen molar-refractivity contribution >= 4 is 11.9 Å². The zero-order valence-electron chi connectivity index (χ0n) is 25.7. The van der Waals surface area contributed by atoms with Crippen LogP contribution >= 0.6 is 0 Å². The fraction of sp³-hybridized carbons (Fsp3) is 0.882. The van der Waals surface area contributed by atoms with Crippen LogP contribution in [0.25, 0.3) is 0 Å². The second kappa shape index (κ2) is 8.84. The molecule has 0 aromatic heterocycles. The lowest BCUT2D eigenvalue weighted by atomic mass is 9.31. The van der Waals surface area contributed by atoms with Crippen LogP contribution in [0.3, 0.4) is 0 Å². The van der Waals surface area contributed by atoms with Gasteiger partial charge in [-0.15, -0.1) is 0 Å². The molecule has 0 spiro atoms. The van der Waals surface area contributed by atoms with E-state index >= 15 is 0 Å². The Morgan fingerprint density at radius 2 is 1.39 bits per heavy atom. The average Bonchev–Trinajstić information content (AvgIpc) is 2.79. The molecule has 5 fully saturated rings. The number of carbonyl (C=O) groups is 2. The van der Waals surface area contributed by atoms with Crippen molar-refractivity contribution in [2.45, 2.75) is 132 Å². The molecule has 11 unspecified atom stereocenters. The molecule has 5 aliphatic carbocycles. The SMILES string of the molecule is C=C1CCC2(C)C(OC(C)=O)CC3(C)C(CCC4C5(C)CCC(OC(C)=O)C(C)(C)C5CCC43C)C2C1C. The Morgan fingerprint density at radius 1 is 0.763 bits per heavy atom. The highest BCUT2D eigenvalue weighted by atomic mass is 16.5. The van der Waals surface area contributed by atoms with Gasteiger partial charge in [0.2, 0.25) is 0 Å². The summed E-state index contributed by atoms with van der Waals surface area (Å²) in [6.45, 7) is 25.0. The third kappa shape index (κ3) is 3.66. The summed E-state index contributed by atoms with van der Waals surface area (Å²) in [6, 6.07) is 0. The Labute approximate surface area is 232 Å². The molecule has 0 bridgehead atoms. The lowest BCUT2D eigenvalue weighted by Crippen LogP contribution is -2.69. The molecule has 4 heteroatoms. The number of rotatable bonds is 2. The summed E-state index contributed by atoms with van der Waals surface area (Å²) in [7, 11) is 0. The number of carbonyl (C=O) groups excluding carboxylic acids is 2. The molecule has 0 radical (unpaired) electrons. The van der Waals surface area contributed by atoms with E-state index in [1.807, 2.05) is 0 Å². The van der Waals surface area contributed by atoms with Crippen molar-refractivity contribution in [3.63, 3.8) is 0 Å². The van der Waals surface area contributed by atoms with Gasteiger partial charge in [0.1, 0.15) is 12.2 Å². The van der Waals surface area contributed by atoms with Gasteiger partial charge in [0.15, 0.2) is 0 Å². The van der Waals surface area contributed by atoms with Crippen molar-refractivity contribution in [3.8, 4) is 0 Å². The van der Waals surface area contributed by atoms with Gasteiger partial charge >= 0.3 is 11.9 Å². The Balaban J connectivity index is 1.55. The summed E-state index contributed by atoms with van der Waals surface area (Å²) in [6.07, 6.45) is 10.1. The van der Waals surface area contributed by atoms with Gasteiger partial charge in [-0.3, -0.25) is 9.59 Å². The van der Waals surface area contributed by atoms with Crippen LogP contribution in [0.1, 0.15) is 120 Å². The number of esters is 2. The summed E-state index contributed by atoms with van der Waals surface area (Å²) in [5, 5.41) is 0. The highest BCUT2D eigenvalue weighted by Gasteiger charge is 2.72. The molecular weight excluding hydrogens is 472 g/mol. The monoisotopic (exact) mass is 526 g/mol. The van der Waals surface area contributed by atoms with E-state index in [0.717, 1.165) is 32.1 Å². The highest BCUT2D eigenvalue weighted by Crippen LogP contribution is 2.77. The molecule has 11 atom stereocenters. The molecule has 38 heavy (non-hydrogen) atoms. The van der Waals surface area contributed by atoms with E-state index in [4.69, 9.17) is 9.47 Å². The third-order valence-electron chi connectivity index (χ3n) is 14.2. The summed E-state index contributed by atoms with van der Waals surface area (Å²) in [5.41, 5.74) is 1.90. The van der Waals surface area contributed by atoms with Crippen LogP contribution in [0.2, 0.25) is 0 Å². The lowest BCUT2D eigenvalue weighted by molar-refractivity contribution is -0.272. The normalized spacial score (nSPS) is 51.5. The zero-order valence-corrected chi connectivity index (χ0v) is 25.7. The van der Waals surface area contributed by atoms with Crippen molar-refractivity contribution in [2.24, 2.45) is 56.7 Å². The van der Waals surface area contributed by atoms with E-state index < -0.39 is 0 Å². The molecule has 4 nitrogen and oxygen atoms in total. The first-order valence-corrected chi connectivity index (χ1v) is 15.5. The average molecular weight is 527 g/mol. The minimum absolute atomic E-state index is 0.00666. The van der Waals surface area contributed by atoms with E-state index in [2.05, 4.69) is 55.0 Å². The molecule has 5 aliphatic rings. The van der Waals surface area contributed by atoms with Crippen LogP contribution in [-0.4, -0.2) is 24.1 Å². The topological polar surface area (TPSA) is 52.6 Å². The van der Waals surface area contributed by atoms with Crippen LogP contribution in [0.15, 0.2) is 12.2 Å². The molecule has 5 saturated carbocycles.